The Morgan fingerprint density at radius 2 is 2.00 bits per heavy atom. The number of anilines is 1. The van der Waals surface area contributed by atoms with Gasteiger partial charge in [0.25, 0.3) is 5.22 Å². The van der Waals surface area contributed by atoms with Crippen molar-refractivity contribution in [3.8, 4) is 0 Å². The van der Waals surface area contributed by atoms with Crippen LogP contribution in [-0.2, 0) is 10.8 Å². The molecule has 0 saturated heterocycles. The first kappa shape index (κ1) is 14.2. The summed E-state index contributed by atoms with van der Waals surface area (Å²) >= 11 is 1.67. The number of fused-ring (bicyclic) bond motifs is 1. The molecule has 1 heterocycles. The van der Waals surface area contributed by atoms with E-state index in [1.807, 2.05) is 30.3 Å². The van der Waals surface area contributed by atoms with Gasteiger partial charge < -0.3 is 10.2 Å². The molecule has 0 bridgehead atoms. The van der Waals surface area contributed by atoms with E-state index in [1.165, 1.54) is 4.90 Å². The van der Waals surface area contributed by atoms with Crippen molar-refractivity contribution in [1.82, 2.24) is 4.98 Å². The molecule has 0 radical (unpaired) electrons. The Labute approximate surface area is 129 Å². The van der Waals surface area contributed by atoms with Crippen LogP contribution in [0.5, 0.6) is 0 Å². The summed E-state index contributed by atoms with van der Waals surface area (Å²) < 4.78 is 17.7. The Morgan fingerprint density at radius 1 is 1.19 bits per heavy atom. The van der Waals surface area contributed by atoms with Crippen LogP contribution in [0.1, 0.15) is 0 Å². The summed E-state index contributed by atoms with van der Waals surface area (Å²) in [5, 5.41) is 0.268. The molecule has 1 aromatic heterocycles. The number of nitrogens with zero attached hydrogens (tertiary/aromatic N) is 1. The number of oxazole rings is 1. The average molecular weight is 318 g/mol. The molecule has 0 aliphatic carbocycles. The predicted molar refractivity (Wildman–Crippen MR) is 86.9 cm³/mol. The Kier molecular flexibility index (Phi) is 4.26. The van der Waals surface area contributed by atoms with E-state index in [4.69, 9.17) is 10.2 Å². The second-order valence-corrected chi connectivity index (χ2v) is 7.03. The van der Waals surface area contributed by atoms with Gasteiger partial charge in [0.15, 0.2) is 5.58 Å². The van der Waals surface area contributed by atoms with Crippen molar-refractivity contribution in [2.45, 2.75) is 10.1 Å². The van der Waals surface area contributed by atoms with Crippen LogP contribution >= 0.6 is 11.8 Å². The molecule has 0 aliphatic rings. The number of hydrogen-bond donors (Lipinski definition) is 1. The molecule has 2 aromatic carbocycles. The lowest BCUT2D eigenvalue weighted by Gasteiger charge is -1.99. The minimum absolute atomic E-state index is 0.268. The highest BCUT2D eigenvalue weighted by atomic mass is 32.2. The summed E-state index contributed by atoms with van der Waals surface area (Å²) in [4.78, 5) is 5.41. The third kappa shape index (κ3) is 3.46. The molecule has 6 heteroatoms. The van der Waals surface area contributed by atoms with E-state index in [2.05, 4.69) is 4.98 Å². The molecule has 0 spiro atoms. The number of rotatable bonds is 5. The largest absolute Gasteiger partial charge is 0.430 e. The number of benzene rings is 2. The highest BCUT2D eigenvalue weighted by molar-refractivity contribution is 8.00. The lowest BCUT2D eigenvalue weighted by atomic mass is 10.3. The molecule has 0 aliphatic heterocycles. The van der Waals surface area contributed by atoms with Crippen LogP contribution in [0.4, 0.5) is 5.69 Å². The van der Waals surface area contributed by atoms with Crippen LogP contribution in [0.2, 0.25) is 0 Å². The van der Waals surface area contributed by atoms with Crippen LogP contribution in [-0.4, -0.2) is 20.7 Å². The molecule has 0 amide bonds. The molecule has 21 heavy (non-hydrogen) atoms. The van der Waals surface area contributed by atoms with Gasteiger partial charge >= 0.3 is 0 Å². The van der Waals surface area contributed by atoms with Crippen molar-refractivity contribution in [2.24, 2.45) is 0 Å². The van der Waals surface area contributed by atoms with E-state index < -0.39 is 10.8 Å². The molecule has 3 aromatic rings. The normalized spacial score (nSPS) is 12.6. The van der Waals surface area contributed by atoms with Gasteiger partial charge in [0.05, 0.1) is 0 Å². The second kappa shape index (κ2) is 6.32. The first-order chi connectivity index (χ1) is 10.2. The van der Waals surface area contributed by atoms with Gasteiger partial charge in [-0.2, -0.15) is 0 Å². The summed E-state index contributed by atoms with van der Waals surface area (Å²) in [6.45, 7) is 0. The van der Waals surface area contributed by atoms with E-state index in [0.717, 1.165) is 5.75 Å². The zero-order chi connectivity index (χ0) is 14.7. The molecular weight excluding hydrogens is 304 g/mol. The predicted octanol–water partition coefficient (Wildman–Crippen LogP) is 3.31. The smallest absolute Gasteiger partial charge is 0.287 e. The fourth-order valence-corrected chi connectivity index (χ4v) is 3.94. The molecule has 4 nitrogen and oxygen atoms in total. The number of hydrogen-bond acceptors (Lipinski definition) is 5. The summed E-state index contributed by atoms with van der Waals surface area (Å²) in [5.74, 6) is 1.25. The minimum Gasteiger partial charge on any atom is -0.430 e. The minimum atomic E-state index is -1.24. The van der Waals surface area contributed by atoms with Crippen LogP contribution in [0.3, 0.4) is 0 Å². The van der Waals surface area contributed by atoms with Gasteiger partial charge in [-0.1, -0.05) is 18.2 Å². The zero-order valence-corrected chi connectivity index (χ0v) is 12.8. The van der Waals surface area contributed by atoms with E-state index >= 15 is 0 Å². The highest BCUT2D eigenvalue weighted by Crippen LogP contribution is 2.22. The monoisotopic (exact) mass is 318 g/mol. The fourth-order valence-electron chi connectivity index (χ4n) is 1.86. The molecule has 0 saturated carbocycles. The van der Waals surface area contributed by atoms with Crippen LogP contribution in [0.25, 0.3) is 11.1 Å². The van der Waals surface area contributed by atoms with Crippen molar-refractivity contribution in [3.05, 3.63) is 48.5 Å². The molecule has 2 N–H and O–H groups in total. The third-order valence-corrected chi connectivity index (χ3v) is 5.28. The van der Waals surface area contributed by atoms with Crippen molar-refractivity contribution in [2.75, 3.05) is 17.2 Å². The van der Waals surface area contributed by atoms with Gasteiger partial charge in [-0.3, -0.25) is 0 Å². The van der Waals surface area contributed by atoms with Crippen LogP contribution in [0.15, 0.2) is 63.1 Å². The molecule has 1 unspecified atom stereocenters. The lowest BCUT2D eigenvalue weighted by Crippen LogP contribution is -2.00. The second-order valence-electron chi connectivity index (χ2n) is 4.42. The maximum atomic E-state index is 12.2. The van der Waals surface area contributed by atoms with Gasteiger partial charge in [-0.15, -0.1) is 11.8 Å². The summed E-state index contributed by atoms with van der Waals surface area (Å²) in [7, 11) is -1.24. The Bertz CT molecular complexity index is 772. The van der Waals surface area contributed by atoms with Crippen LogP contribution < -0.4 is 5.73 Å². The summed E-state index contributed by atoms with van der Waals surface area (Å²) in [5.41, 5.74) is 7.56. The summed E-state index contributed by atoms with van der Waals surface area (Å²) in [6, 6.07) is 15.3. The Hall–Kier alpha value is -1.79. The quantitative estimate of drug-likeness (QED) is 0.577. The fraction of sp³-hybridized carbons (Fsp3) is 0.133. The first-order valence-electron chi connectivity index (χ1n) is 6.45. The average Bonchev–Trinajstić information content (AvgIpc) is 2.91. The van der Waals surface area contributed by atoms with Gasteiger partial charge in [-0.25, -0.2) is 9.19 Å². The van der Waals surface area contributed by atoms with Gasteiger partial charge in [0.1, 0.15) is 16.3 Å². The maximum Gasteiger partial charge on any atom is 0.287 e. The molecule has 1 atom stereocenters. The van der Waals surface area contributed by atoms with Gasteiger partial charge in [0.2, 0.25) is 0 Å². The number of nitrogen functional groups attached to an aromatic ring is 1. The molecular formula is C15H14N2O2S2. The van der Waals surface area contributed by atoms with Crippen molar-refractivity contribution < 1.29 is 8.63 Å². The first-order valence-corrected chi connectivity index (χ1v) is 8.75. The van der Waals surface area contributed by atoms with E-state index in [1.54, 1.807) is 30.0 Å². The summed E-state index contributed by atoms with van der Waals surface area (Å²) in [6.07, 6.45) is 0. The maximum absolute atomic E-state index is 12.2. The Balaban J connectivity index is 1.64. The van der Waals surface area contributed by atoms with Crippen molar-refractivity contribution in [1.29, 1.82) is 0 Å². The van der Waals surface area contributed by atoms with Gasteiger partial charge in [-0.05, 0) is 24.3 Å². The highest BCUT2D eigenvalue weighted by Gasteiger charge is 2.13. The van der Waals surface area contributed by atoms with Crippen molar-refractivity contribution in [3.63, 3.8) is 0 Å². The standard InChI is InChI=1S/C15H14N2O2S2/c16-11-6-7-13-14(10-11)19-15(17-13)21(18)9-8-20-12-4-2-1-3-5-12/h1-7,10H,8-9,16H2. The molecule has 0 fully saturated rings. The Morgan fingerprint density at radius 3 is 2.81 bits per heavy atom. The number of nitrogens with two attached hydrogens (primary N) is 1. The lowest BCUT2D eigenvalue weighted by molar-refractivity contribution is 0.478. The third-order valence-electron chi connectivity index (χ3n) is 2.87. The molecule has 3 rings (SSSR count). The topological polar surface area (TPSA) is 69.1 Å². The number of aromatic nitrogens is 1. The SMILES string of the molecule is Nc1ccc2nc(S(=O)CCSc3ccccc3)oc2c1. The van der Waals surface area contributed by atoms with E-state index in [9.17, 15) is 4.21 Å². The number of thioether (sulfide) groups is 1. The zero-order valence-electron chi connectivity index (χ0n) is 11.2. The molecule has 108 valence electrons. The van der Waals surface area contributed by atoms with Gasteiger partial charge in [0, 0.05) is 28.2 Å². The van der Waals surface area contributed by atoms with E-state index in [0.29, 0.717) is 22.5 Å². The van der Waals surface area contributed by atoms with Crippen molar-refractivity contribution >= 4 is 39.3 Å². The van der Waals surface area contributed by atoms with Crippen LogP contribution in [0, 0.1) is 0 Å². The van der Waals surface area contributed by atoms with E-state index in [-0.39, 0.29) is 5.22 Å².